The summed E-state index contributed by atoms with van der Waals surface area (Å²) in [6.07, 6.45) is 3.76. The third-order valence-corrected chi connectivity index (χ3v) is 3.91. The lowest BCUT2D eigenvalue weighted by atomic mass is 10.00. The van der Waals surface area contributed by atoms with Gasteiger partial charge in [0.1, 0.15) is 0 Å². The molecule has 20 heavy (non-hydrogen) atoms. The van der Waals surface area contributed by atoms with E-state index in [2.05, 4.69) is 5.32 Å². The van der Waals surface area contributed by atoms with Gasteiger partial charge < -0.3 is 11.1 Å². The zero-order chi connectivity index (χ0) is 14.5. The fraction of sp³-hybridized carbons (Fsp3) is 0.533. The third-order valence-electron chi connectivity index (χ3n) is 3.91. The second-order valence-electron chi connectivity index (χ2n) is 5.37. The molecule has 0 spiro atoms. The summed E-state index contributed by atoms with van der Waals surface area (Å²) in [6.45, 7) is 0.307. The van der Waals surface area contributed by atoms with Crippen LogP contribution in [-0.4, -0.2) is 18.5 Å². The van der Waals surface area contributed by atoms with Crippen molar-refractivity contribution in [3.63, 3.8) is 0 Å². The first-order chi connectivity index (χ1) is 9.58. The Morgan fingerprint density at radius 3 is 2.85 bits per heavy atom. The predicted octanol–water partition coefficient (Wildman–Crippen LogP) is 2.14. The van der Waals surface area contributed by atoms with Gasteiger partial charge in [-0.15, -0.1) is 0 Å². The number of benzene rings is 1. The van der Waals surface area contributed by atoms with Crippen molar-refractivity contribution < 1.29 is 13.6 Å². The first-order valence-corrected chi connectivity index (χ1v) is 7.03. The van der Waals surface area contributed by atoms with E-state index in [-0.39, 0.29) is 29.9 Å². The molecule has 0 radical (unpaired) electrons. The first kappa shape index (κ1) is 14.9. The topological polar surface area (TPSA) is 55.1 Å². The minimum absolute atomic E-state index is 0.0656. The van der Waals surface area contributed by atoms with Crippen molar-refractivity contribution in [3.8, 4) is 0 Å². The molecule has 0 heterocycles. The zero-order valence-corrected chi connectivity index (χ0v) is 11.4. The lowest BCUT2D eigenvalue weighted by Crippen LogP contribution is -2.32. The van der Waals surface area contributed by atoms with E-state index in [1.54, 1.807) is 0 Å². The highest BCUT2D eigenvalue weighted by Crippen LogP contribution is 2.26. The van der Waals surface area contributed by atoms with Gasteiger partial charge in [0.2, 0.25) is 5.91 Å². The smallest absolute Gasteiger partial charge is 0.220 e. The van der Waals surface area contributed by atoms with Crippen LogP contribution in [0.4, 0.5) is 8.78 Å². The van der Waals surface area contributed by atoms with Crippen molar-refractivity contribution in [3.05, 3.63) is 35.4 Å². The third kappa shape index (κ3) is 3.76. The van der Waals surface area contributed by atoms with Gasteiger partial charge in [0.25, 0.3) is 0 Å². The Balaban J connectivity index is 1.75. The predicted molar refractivity (Wildman–Crippen MR) is 73.0 cm³/mol. The van der Waals surface area contributed by atoms with Crippen molar-refractivity contribution in [2.45, 2.75) is 38.1 Å². The fourth-order valence-corrected chi connectivity index (χ4v) is 2.71. The Labute approximate surface area is 117 Å². The van der Waals surface area contributed by atoms with Gasteiger partial charge in [0, 0.05) is 19.0 Å². The van der Waals surface area contributed by atoms with E-state index in [0.29, 0.717) is 13.0 Å². The van der Waals surface area contributed by atoms with Crippen LogP contribution in [0.15, 0.2) is 18.2 Å². The molecule has 110 valence electrons. The molecule has 0 saturated heterocycles. The van der Waals surface area contributed by atoms with Gasteiger partial charge in [-0.1, -0.05) is 18.6 Å². The van der Waals surface area contributed by atoms with E-state index in [9.17, 15) is 13.6 Å². The average molecular weight is 282 g/mol. The Bertz CT molecular complexity index is 479. The van der Waals surface area contributed by atoms with Crippen LogP contribution in [0.2, 0.25) is 0 Å². The van der Waals surface area contributed by atoms with Gasteiger partial charge in [0.05, 0.1) is 0 Å². The number of halogens is 2. The molecule has 0 aromatic heterocycles. The molecule has 3 N–H and O–H groups in total. The van der Waals surface area contributed by atoms with Crippen molar-refractivity contribution >= 4 is 5.91 Å². The highest BCUT2D eigenvalue weighted by molar-refractivity contribution is 5.76. The summed E-state index contributed by atoms with van der Waals surface area (Å²) in [6, 6.07) is 4.19. The van der Waals surface area contributed by atoms with Crippen LogP contribution in [0.1, 0.15) is 31.2 Å². The molecule has 1 fully saturated rings. The van der Waals surface area contributed by atoms with E-state index in [1.165, 1.54) is 12.1 Å². The molecule has 1 aliphatic rings. The lowest BCUT2D eigenvalue weighted by Gasteiger charge is -2.14. The highest BCUT2D eigenvalue weighted by atomic mass is 19.2. The van der Waals surface area contributed by atoms with Crippen LogP contribution in [0.3, 0.4) is 0 Å². The van der Waals surface area contributed by atoms with Gasteiger partial charge >= 0.3 is 0 Å². The van der Waals surface area contributed by atoms with E-state index < -0.39 is 11.6 Å². The van der Waals surface area contributed by atoms with Crippen molar-refractivity contribution in [2.24, 2.45) is 11.7 Å². The van der Waals surface area contributed by atoms with E-state index in [4.69, 9.17) is 5.73 Å². The second kappa shape index (κ2) is 6.79. The molecule has 0 unspecified atom stereocenters. The Kier molecular flexibility index (Phi) is 5.06. The summed E-state index contributed by atoms with van der Waals surface area (Å²) < 4.78 is 26.4. The first-order valence-electron chi connectivity index (χ1n) is 7.03. The molecule has 2 rings (SSSR count). The van der Waals surface area contributed by atoms with E-state index in [0.717, 1.165) is 25.3 Å². The number of nitrogens with two attached hydrogens (primary N) is 1. The largest absolute Gasteiger partial charge is 0.356 e. The maximum absolute atomic E-state index is 13.4. The van der Waals surface area contributed by atoms with Crippen LogP contribution in [0.25, 0.3) is 0 Å². The number of hydrogen-bond acceptors (Lipinski definition) is 2. The lowest BCUT2D eigenvalue weighted by molar-refractivity contribution is -0.122. The van der Waals surface area contributed by atoms with Crippen molar-refractivity contribution in [1.29, 1.82) is 0 Å². The average Bonchev–Trinajstić information content (AvgIpc) is 2.80. The maximum atomic E-state index is 13.4. The van der Waals surface area contributed by atoms with Crippen LogP contribution in [-0.2, 0) is 11.2 Å². The molecular formula is C15H20F2N2O. The van der Waals surface area contributed by atoms with Gasteiger partial charge in [0.15, 0.2) is 11.6 Å². The van der Waals surface area contributed by atoms with Crippen LogP contribution < -0.4 is 11.1 Å². The Morgan fingerprint density at radius 1 is 1.35 bits per heavy atom. The second-order valence-corrected chi connectivity index (χ2v) is 5.37. The van der Waals surface area contributed by atoms with Crippen molar-refractivity contribution in [2.75, 3.05) is 6.54 Å². The molecule has 1 amide bonds. The Hall–Kier alpha value is -1.49. The van der Waals surface area contributed by atoms with Gasteiger partial charge in [-0.2, -0.15) is 0 Å². The van der Waals surface area contributed by atoms with E-state index in [1.807, 2.05) is 0 Å². The molecule has 5 heteroatoms. The van der Waals surface area contributed by atoms with Crippen LogP contribution in [0, 0.1) is 17.6 Å². The molecule has 3 nitrogen and oxygen atoms in total. The molecule has 1 saturated carbocycles. The number of hydrogen-bond donors (Lipinski definition) is 2. The normalized spacial score (nSPS) is 21.9. The number of rotatable bonds is 5. The number of nitrogens with one attached hydrogen (secondary N) is 1. The quantitative estimate of drug-likeness (QED) is 0.869. The molecule has 1 aromatic carbocycles. The summed E-state index contributed by atoms with van der Waals surface area (Å²) in [5.41, 5.74) is 6.19. The zero-order valence-electron chi connectivity index (χ0n) is 11.4. The fourth-order valence-electron chi connectivity index (χ4n) is 2.71. The molecule has 0 bridgehead atoms. The van der Waals surface area contributed by atoms with Gasteiger partial charge in [-0.25, -0.2) is 8.78 Å². The monoisotopic (exact) mass is 282 g/mol. The molecule has 1 aliphatic carbocycles. The summed E-state index contributed by atoms with van der Waals surface area (Å²) in [5.74, 6) is -1.50. The summed E-state index contributed by atoms with van der Waals surface area (Å²) in [5, 5.41) is 2.74. The van der Waals surface area contributed by atoms with Gasteiger partial charge in [-0.05, 0) is 36.8 Å². The minimum Gasteiger partial charge on any atom is -0.356 e. The summed E-state index contributed by atoms with van der Waals surface area (Å²) in [7, 11) is 0. The number of carbonyl (C=O) groups is 1. The highest BCUT2D eigenvalue weighted by Gasteiger charge is 2.25. The van der Waals surface area contributed by atoms with Gasteiger partial charge in [-0.3, -0.25) is 4.79 Å². The maximum Gasteiger partial charge on any atom is 0.220 e. The van der Waals surface area contributed by atoms with Crippen LogP contribution in [0.5, 0.6) is 0 Å². The minimum atomic E-state index is -0.856. The molecule has 2 atom stereocenters. The number of carbonyl (C=O) groups excluding carboxylic acids is 1. The molecule has 0 aliphatic heterocycles. The Morgan fingerprint density at radius 2 is 2.15 bits per heavy atom. The summed E-state index contributed by atoms with van der Waals surface area (Å²) in [4.78, 5) is 11.8. The van der Waals surface area contributed by atoms with E-state index >= 15 is 0 Å². The standard InChI is InChI=1S/C15H20F2N2O/c16-12-5-1-3-10(15(12)17)7-8-19-14(20)9-11-4-2-6-13(11)18/h1,3,5,11,13H,2,4,6-9,18H2,(H,19,20)/t11-,13+/m0/s1. The van der Waals surface area contributed by atoms with Crippen molar-refractivity contribution in [1.82, 2.24) is 5.32 Å². The number of amides is 1. The summed E-state index contributed by atoms with van der Waals surface area (Å²) >= 11 is 0. The molecular weight excluding hydrogens is 262 g/mol. The van der Waals surface area contributed by atoms with Crippen LogP contribution >= 0.6 is 0 Å². The SMILES string of the molecule is N[C@@H]1CCC[C@H]1CC(=O)NCCc1cccc(F)c1F. The molecule has 1 aromatic rings.